The molecule has 6 heteroatoms. The highest BCUT2D eigenvalue weighted by atomic mass is 35.5. The number of hydrogen-bond donors (Lipinski definition) is 0. The molecule has 2 saturated carbocycles. The Hall–Kier alpha value is -1.39. The van der Waals surface area contributed by atoms with E-state index < -0.39 is 17.0 Å². The lowest BCUT2D eigenvalue weighted by Gasteiger charge is -2.57. The first-order valence-corrected chi connectivity index (χ1v) is 11.4. The Kier molecular flexibility index (Phi) is 4.95. The quantitative estimate of drug-likeness (QED) is 0.412. The van der Waals surface area contributed by atoms with Crippen LogP contribution in [0, 0.1) is 28.6 Å². The highest BCUT2D eigenvalue weighted by molar-refractivity contribution is 6.45. The summed E-state index contributed by atoms with van der Waals surface area (Å²) < 4.78 is 5.80. The van der Waals surface area contributed by atoms with Gasteiger partial charge in [0.1, 0.15) is 0 Å². The third kappa shape index (κ3) is 2.56. The van der Waals surface area contributed by atoms with Crippen LogP contribution in [0.15, 0.2) is 33.9 Å². The molecule has 162 valence electrons. The number of esters is 1. The number of carbonyl (C=O) groups excluding carboxylic acids is 3. The van der Waals surface area contributed by atoms with Crippen molar-refractivity contribution in [1.29, 1.82) is 0 Å². The van der Waals surface area contributed by atoms with Gasteiger partial charge in [0.05, 0.1) is 5.03 Å². The molecular weight excluding hydrogens is 423 g/mol. The number of hydrogen-bond acceptors (Lipinski definition) is 4. The van der Waals surface area contributed by atoms with Crippen LogP contribution in [0.25, 0.3) is 0 Å². The molecule has 6 atom stereocenters. The van der Waals surface area contributed by atoms with Gasteiger partial charge in [0.25, 0.3) is 0 Å². The fourth-order valence-electron chi connectivity index (χ4n) is 7.25. The molecule has 0 spiro atoms. The van der Waals surface area contributed by atoms with Crippen molar-refractivity contribution in [2.45, 2.75) is 65.4 Å². The third-order valence-electron chi connectivity index (χ3n) is 8.59. The smallest absolute Gasteiger partial charge is 0.303 e. The predicted octanol–water partition coefficient (Wildman–Crippen LogP) is 5.48. The van der Waals surface area contributed by atoms with Crippen LogP contribution in [0.5, 0.6) is 0 Å². The Morgan fingerprint density at radius 2 is 1.83 bits per heavy atom. The monoisotopic (exact) mass is 450 g/mol. The number of allylic oxidation sites excluding steroid dienone is 4. The summed E-state index contributed by atoms with van der Waals surface area (Å²) in [6, 6.07) is 0. The molecule has 0 amide bonds. The minimum Gasteiger partial charge on any atom is -0.446 e. The summed E-state index contributed by atoms with van der Waals surface area (Å²) in [6.45, 7) is 11.3. The van der Waals surface area contributed by atoms with Crippen molar-refractivity contribution in [2.24, 2.45) is 28.6 Å². The first kappa shape index (κ1) is 21.8. The van der Waals surface area contributed by atoms with Crippen LogP contribution in [0.1, 0.15) is 59.8 Å². The maximum Gasteiger partial charge on any atom is 0.303 e. The maximum absolute atomic E-state index is 12.9. The Morgan fingerprint density at radius 3 is 2.43 bits per heavy atom. The van der Waals surface area contributed by atoms with Gasteiger partial charge in [-0.3, -0.25) is 14.4 Å². The molecule has 4 aliphatic rings. The van der Waals surface area contributed by atoms with Gasteiger partial charge in [0, 0.05) is 23.8 Å². The van der Waals surface area contributed by atoms with Crippen molar-refractivity contribution in [3.63, 3.8) is 0 Å². The second-order valence-electron chi connectivity index (χ2n) is 9.93. The van der Waals surface area contributed by atoms with Crippen molar-refractivity contribution in [3.8, 4) is 0 Å². The van der Waals surface area contributed by atoms with E-state index in [0.29, 0.717) is 23.4 Å². The Morgan fingerprint density at radius 1 is 1.17 bits per heavy atom. The van der Waals surface area contributed by atoms with Gasteiger partial charge < -0.3 is 4.74 Å². The van der Waals surface area contributed by atoms with Crippen LogP contribution in [0.3, 0.4) is 0 Å². The molecule has 0 radical (unpaired) electrons. The molecule has 2 fully saturated rings. The van der Waals surface area contributed by atoms with Crippen LogP contribution >= 0.6 is 23.2 Å². The van der Waals surface area contributed by atoms with E-state index in [9.17, 15) is 14.4 Å². The average Bonchev–Trinajstić information content (AvgIpc) is 2.87. The molecule has 0 aromatic rings. The van der Waals surface area contributed by atoms with Crippen LogP contribution in [-0.2, 0) is 19.1 Å². The average molecular weight is 451 g/mol. The molecule has 0 bridgehead atoms. The SMILES string of the molecule is C=C1C[C@H]2[C@@H]3C=C(Cl)C4=C(Cl)C(=O)CC[C@]4(C)[C@H]3CC[C@]2(C)[C@@]1(OC(C)=O)C(C)=O. The summed E-state index contributed by atoms with van der Waals surface area (Å²) >= 11 is 13.2. The summed E-state index contributed by atoms with van der Waals surface area (Å²) in [4.78, 5) is 37.2. The van der Waals surface area contributed by atoms with E-state index in [1.807, 2.05) is 6.08 Å². The van der Waals surface area contributed by atoms with E-state index in [0.717, 1.165) is 24.8 Å². The number of rotatable bonds is 2. The van der Waals surface area contributed by atoms with E-state index >= 15 is 0 Å². The number of fused-ring (bicyclic) bond motifs is 5. The summed E-state index contributed by atoms with van der Waals surface area (Å²) in [6.07, 6.45) is 5.34. The lowest BCUT2D eigenvalue weighted by Crippen LogP contribution is -2.58. The predicted molar refractivity (Wildman–Crippen MR) is 116 cm³/mol. The molecule has 0 N–H and O–H groups in total. The fourth-order valence-corrected chi connectivity index (χ4v) is 8.17. The van der Waals surface area contributed by atoms with Crippen molar-refractivity contribution < 1.29 is 19.1 Å². The Balaban J connectivity index is 1.86. The fraction of sp³-hybridized carbons (Fsp3) is 0.625. The van der Waals surface area contributed by atoms with Crippen molar-refractivity contribution in [3.05, 3.63) is 33.9 Å². The van der Waals surface area contributed by atoms with Crippen LogP contribution < -0.4 is 0 Å². The molecule has 4 aliphatic carbocycles. The number of carbonyl (C=O) groups is 3. The lowest BCUT2D eigenvalue weighted by atomic mass is 9.48. The minimum atomic E-state index is -1.30. The molecule has 4 rings (SSSR count). The van der Waals surface area contributed by atoms with E-state index in [2.05, 4.69) is 20.4 Å². The number of ether oxygens (including phenoxy) is 1. The standard InChI is InChI=1S/C24H28Cl2O4/c1-12-10-17-15-11-18(25)20-21(26)19(29)7-8-22(20,4)16(15)6-9-23(17,5)24(12,13(2)27)30-14(3)28/h11,15-17H,1,6-10H2,2-5H3/t15-,16+,17+,22-,23+,24+/m1/s1. The second-order valence-corrected chi connectivity index (χ2v) is 10.7. The molecule has 0 aromatic heterocycles. The van der Waals surface area contributed by atoms with Gasteiger partial charge in [0.15, 0.2) is 17.2 Å². The highest BCUT2D eigenvalue weighted by Gasteiger charge is 2.69. The lowest BCUT2D eigenvalue weighted by molar-refractivity contribution is -0.179. The van der Waals surface area contributed by atoms with Gasteiger partial charge in [-0.05, 0) is 66.9 Å². The summed E-state index contributed by atoms with van der Waals surface area (Å²) in [5, 5.41) is 0.810. The molecule has 0 aromatic carbocycles. The van der Waals surface area contributed by atoms with Crippen LogP contribution in [0.2, 0.25) is 0 Å². The second kappa shape index (κ2) is 6.80. The number of halogens is 2. The number of Topliss-reactive ketones (excluding diaryl/α,β-unsaturated/α-hetero) is 2. The summed E-state index contributed by atoms with van der Waals surface area (Å²) in [5.74, 6) is -0.276. The molecular formula is C24H28Cl2O4. The summed E-state index contributed by atoms with van der Waals surface area (Å²) in [5.41, 5.74) is -0.686. The molecule has 0 heterocycles. The molecule has 30 heavy (non-hydrogen) atoms. The van der Waals surface area contributed by atoms with E-state index in [-0.39, 0.29) is 39.8 Å². The third-order valence-corrected chi connectivity index (χ3v) is 9.30. The molecule has 0 aliphatic heterocycles. The zero-order chi connectivity index (χ0) is 22.2. The van der Waals surface area contributed by atoms with Gasteiger partial charge in [0.2, 0.25) is 0 Å². The van der Waals surface area contributed by atoms with Crippen molar-refractivity contribution in [2.75, 3.05) is 0 Å². The topological polar surface area (TPSA) is 60.4 Å². The van der Waals surface area contributed by atoms with E-state index in [1.165, 1.54) is 13.8 Å². The Bertz CT molecular complexity index is 947. The first-order chi connectivity index (χ1) is 13.9. The Labute approximate surface area is 187 Å². The molecule has 4 nitrogen and oxygen atoms in total. The van der Waals surface area contributed by atoms with Crippen LogP contribution in [-0.4, -0.2) is 23.1 Å². The minimum absolute atomic E-state index is 0.0468. The van der Waals surface area contributed by atoms with E-state index in [1.54, 1.807) is 0 Å². The zero-order valence-corrected chi connectivity index (χ0v) is 19.5. The maximum atomic E-state index is 12.9. The van der Waals surface area contributed by atoms with Crippen molar-refractivity contribution in [1.82, 2.24) is 0 Å². The van der Waals surface area contributed by atoms with Gasteiger partial charge >= 0.3 is 5.97 Å². The first-order valence-electron chi connectivity index (χ1n) is 10.6. The number of ketones is 2. The largest absolute Gasteiger partial charge is 0.446 e. The van der Waals surface area contributed by atoms with Crippen molar-refractivity contribution >= 4 is 40.7 Å². The zero-order valence-electron chi connectivity index (χ0n) is 17.9. The van der Waals surface area contributed by atoms with E-state index in [4.69, 9.17) is 27.9 Å². The van der Waals surface area contributed by atoms with Gasteiger partial charge in [-0.25, -0.2) is 0 Å². The normalized spacial score (nSPS) is 42.9. The highest BCUT2D eigenvalue weighted by Crippen LogP contribution is 2.69. The van der Waals surface area contributed by atoms with Gasteiger partial charge in [-0.1, -0.05) is 49.7 Å². The molecule has 0 unspecified atom stereocenters. The molecule has 0 saturated heterocycles. The summed E-state index contributed by atoms with van der Waals surface area (Å²) in [7, 11) is 0. The van der Waals surface area contributed by atoms with Gasteiger partial charge in [-0.15, -0.1) is 0 Å². The van der Waals surface area contributed by atoms with Gasteiger partial charge in [-0.2, -0.15) is 0 Å². The van der Waals surface area contributed by atoms with Crippen LogP contribution in [0.4, 0.5) is 0 Å².